The van der Waals surface area contributed by atoms with E-state index in [0.29, 0.717) is 12.5 Å². The molecule has 2 aliphatic heterocycles. The van der Waals surface area contributed by atoms with Crippen LogP contribution in [0.5, 0.6) is 5.75 Å². The normalized spacial score (nSPS) is 16.7. The van der Waals surface area contributed by atoms with E-state index in [1.165, 1.54) is 5.69 Å². The van der Waals surface area contributed by atoms with E-state index < -0.39 is 12.1 Å². The summed E-state index contributed by atoms with van der Waals surface area (Å²) >= 11 is 0. The average Bonchev–Trinajstić information content (AvgIpc) is 2.99. The quantitative estimate of drug-likeness (QED) is 0.394. The number of aromatic nitrogens is 2. The fourth-order valence-corrected chi connectivity index (χ4v) is 5.00. The summed E-state index contributed by atoms with van der Waals surface area (Å²) in [6.07, 6.45) is -2.73. The smallest absolute Gasteiger partial charge is 0.490 e. The van der Waals surface area contributed by atoms with Crippen LogP contribution in [0.2, 0.25) is 0 Å². The van der Waals surface area contributed by atoms with Crippen LogP contribution in [0.1, 0.15) is 25.8 Å². The zero-order valence-corrected chi connectivity index (χ0v) is 24.2. The number of carboxylic acids is 1. The lowest BCUT2D eigenvalue weighted by Gasteiger charge is -2.41. The van der Waals surface area contributed by atoms with Gasteiger partial charge in [0.05, 0.1) is 13.7 Å². The van der Waals surface area contributed by atoms with E-state index in [1.54, 1.807) is 13.4 Å². The third-order valence-electron chi connectivity index (χ3n) is 7.10. The Morgan fingerprint density at radius 3 is 2.19 bits per heavy atom. The molecule has 0 spiro atoms. The molecule has 0 bridgehead atoms. The average molecular weight is 601 g/mol. The Balaban J connectivity index is 0.000000541. The first-order valence-corrected chi connectivity index (χ1v) is 13.9. The molecule has 10 nitrogen and oxygen atoms in total. The van der Waals surface area contributed by atoms with Gasteiger partial charge in [-0.2, -0.15) is 13.2 Å². The van der Waals surface area contributed by atoms with Gasteiger partial charge in [0.2, 0.25) is 5.91 Å². The van der Waals surface area contributed by atoms with Crippen LogP contribution in [0.15, 0.2) is 60.9 Å². The largest absolute Gasteiger partial charge is 0.497 e. The summed E-state index contributed by atoms with van der Waals surface area (Å²) in [6.45, 7) is 8.14. The highest BCUT2D eigenvalue weighted by atomic mass is 19.4. The molecule has 1 amide bonds. The maximum absolute atomic E-state index is 13.8. The number of carboxylic acid groups (broad SMARTS) is 1. The van der Waals surface area contributed by atoms with Crippen molar-refractivity contribution >= 4 is 34.9 Å². The second kappa shape index (κ2) is 13.6. The van der Waals surface area contributed by atoms with Crippen LogP contribution in [0.3, 0.4) is 0 Å². The number of carbonyl (C=O) groups is 2. The van der Waals surface area contributed by atoms with Crippen molar-refractivity contribution in [3.05, 3.63) is 66.5 Å². The van der Waals surface area contributed by atoms with Crippen LogP contribution in [-0.4, -0.2) is 72.5 Å². The van der Waals surface area contributed by atoms with Crippen LogP contribution >= 0.6 is 0 Å². The maximum atomic E-state index is 13.8. The van der Waals surface area contributed by atoms with Crippen molar-refractivity contribution in [3.63, 3.8) is 0 Å². The van der Waals surface area contributed by atoms with Crippen molar-refractivity contribution in [2.75, 3.05) is 53.3 Å². The first-order valence-electron chi connectivity index (χ1n) is 13.9. The number of alkyl halides is 3. The van der Waals surface area contributed by atoms with Crippen LogP contribution in [0.4, 0.5) is 36.2 Å². The first kappa shape index (κ1) is 31.4. The zero-order valence-electron chi connectivity index (χ0n) is 24.2. The number of methoxy groups -OCH3 is 1. The SMILES string of the molecule is COc1ccc(CN2C(=O)C(CC(C)C)Nc3ncnc(N4CCN(c5ccccc5)CC4)c32)cc1.O=C(O)C(F)(F)F. The summed E-state index contributed by atoms with van der Waals surface area (Å²) in [7, 11) is 1.66. The van der Waals surface area contributed by atoms with Crippen molar-refractivity contribution in [1.29, 1.82) is 0 Å². The van der Waals surface area contributed by atoms with E-state index in [-0.39, 0.29) is 11.9 Å². The highest BCUT2D eigenvalue weighted by molar-refractivity contribution is 6.06. The Morgan fingerprint density at radius 2 is 1.63 bits per heavy atom. The molecule has 0 saturated carbocycles. The number of rotatable bonds is 7. The predicted octanol–water partition coefficient (Wildman–Crippen LogP) is 4.82. The molecule has 3 aromatic rings. The molecule has 13 heteroatoms. The lowest BCUT2D eigenvalue weighted by atomic mass is 10.00. The summed E-state index contributed by atoms with van der Waals surface area (Å²) in [5.74, 6) is 0.0137. The molecule has 1 atom stereocenters. The Morgan fingerprint density at radius 1 is 1.02 bits per heavy atom. The molecule has 2 aromatic carbocycles. The number of piperazine rings is 1. The number of hydrogen-bond acceptors (Lipinski definition) is 8. The lowest BCUT2D eigenvalue weighted by Crippen LogP contribution is -2.50. The molecule has 1 fully saturated rings. The molecular formula is C30H35F3N6O4. The predicted molar refractivity (Wildman–Crippen MR) is 158 cm³/mol. The molecule has 3 heterocycles. The van der Waals surface area contributed by atoms with E-state index in [4.69, 9.17) is 19.6 Å². The number of hydrogen-bond donors (Lipinski definition) is 2. The van der Waals surface area contributed by atoms with Crippen molar-refractivity contribution in [1.82, 2.24) is 9.97 Å². The van der Waals surface area contributed by atoms with Crippen LogP contribution < -0.4 is 24.8 Å². The van der Waals surface area contributed by atoms with Gasteiger partial charge in [0.1, 0.15) is 23.8 Å². The second-order valence-electron chi connectivity index (χ2n) is 10.6. The minimum absolute atomic E-state index is 0.0611. The molecule has 2 aliphatic rings. The molecule has 1 saturated heterocycles. The van der Waals surface area contributed by atoms with Crippen LogP contribution in [-0.2, 0) is 16.1 Å². The number of nitrogens with zero attached hydrogens (tertiary/aromatic N) is 5. The fraction of sp³-hybridized carbons (Fsp3) is 0.400. The van der Waals surface area contributed by atoms with Gasteiger partial charge in [-0.25, -0.2) is 14.8 Å². The lowest BCUT2D eigenvalue weighted by molar-refractivity contribution is -0.192. The number of aliphatic carboxylic acids is 1. The Kier molecular flexibility index (Phi) is 9.94. The fourth-order valence-electron chi connectivity index (χ4n) is 5.00. The number of benzene rings is 2. The molecule has 0 aliphatic carbocycles. The van der Waals surface area contributed by atoms with E-state index in [0.717, 1.165) is 61.2 Å². The van der Waals surface area contributed by atoms with Crippen LogP contribution in [0.25, 0.3) is 0 Å². The van der Waals surface area contributed by atoms with E-state index >= 15 is 0 Å². The van der Waals surface area contributed by atoms with Gasteiger partial charge in [-0.1, -0.05) is 44.2 Å². The number of ether oxygens (including phenoxy) is 1. The summed E-state index contributed by atoms with van der Waals surface area (Å²) < 4.78 is 37.1. The molecule has 0 radical (unpaired) electrons. The Bertz CT molecular complexity index is 1380. The molecule has 1 aromatic heterocycles. The number of halogens is 3. The number of fused-ring (bicyclic) bond motifs is 1. The van der Waals surface area contributed by atoms with E-state index in [1.807, 2.05) is 35.2 Å². The van der Waals surface area contributed by atoms with E-state index in [9.17, 15) is 18.0 Å². The Hall–Kier alpha value is -4.55. The molecule has 2 N–H and O–H groups in total. The van der Waals surface area contributed by atoms with Crippen molar-refractivity contribution < 1.29 is 32.6 Å². The highest BCUT2D eigenvalue weighted by Crippen LogP contribution is 2.39. The minimum Gasteiger partial charge on any atom is -0.497 e. The van der Waals surface area contributed by atoms with Crippen molar-refractivity contribution in [2.24, 2.45) is 5.92 Å². The van der Waals surface area contributed by atoms with Crippen molar-refractivity contribution in [2.45, 2.75) is 39.0 Å². The van der Waals surface area contributed by atoms with Gasteiger partial charge in [-0.3, -0.25) is 9.69 Å². The molecule has 5 rings (SSSR count). The summed E-state index contributed by atoms with van der Waals surface area (Å²) in [4.78, 5) is 38.5. The van der Waals surface area contributed by atoms with Gasteiger partial charge in [0.25, 0.3) is 0 Å². The Labute approximate surface area is 248 Å². The number of carbonyl (C=O) groups excluding carboxylic acids is 1. The van der Waals surface area contributed by atoms with Gasteiger partial charge < -0.3 is 25.0 Å². The monoisotopic (exact) mass is 600 g/mol. The number of nitrogens with one attached hydrogen (secondary N) is 1. The van der Waals surface area contributed by atoms with Gasteiger partial charge >= 0.3 is 12.1 Å². The molecule has 230 valence electrons. The first-order chi connectivity index (χ1) is 20.5. The number of amides is 1. The third kappa shape index (κ3) is 7.85. The van der Waals surface area contributed by atoms with Gasteiger partial charge in [0, 0.05) is 31.9 Å². The summed E-state index contributed by atoms with van der Waals surface area (Å²) in [5.41, 5.74) is 3.03. The topological polar surface area (TPSA) is 111 Å². The van der Waals surface area contributed by atoms with E-state index in [2.05, 4.69) is 58.2 Å². The molecule has 1 unspecified atom stereocenters. The van der Waals surface area contributed by atoms with Crippen LogP contribution in [0, 0.1) is 5.92 Å². The zero-order chi connectivity index (χ0) is 31.1. The second-order valence-corrected chi connectivity index (χ2v) is 10.6. The summed E-state index contributed by atoms with van der Waals surface area (Å²) in [5, 5.41) is 10.6. The molecular weight excluding hydrogens is 565 g/mol. The number of anilines is 4. The third-order valence-corrected chi connectivity index (χ3v) is 7.10. The number of para-hydroxylation sites is 1. The van der Waals surface area contributed by atoms with Gasteiger partial charge in [0.15, 0.2) is 11.6 Å². The van der Waals surface area contributed by atoms with Gasteiger partial charge in [-0.15, -0.1) is 0 Å². The maximum Gasteiger partial charge on any atom is 0.490 e. The minimum atomic E-state index is -5.08. The molecule has 43 heavy (non-hydrogen) atoms. The highest BCUT2D eigenvalue weighted by Gasteiger charge is 2.39. The van der Waals surface area contributed by atoms with Crippen molar-refractivity contribution in [3.8, 4) is 5.75 Å². The standard InChI is InChI=1S/C28H34N6O2.C2HF3O2/c1-20(2)17-24-28(35)34(18-21-9-11-23(36-3)12-10-21)25-26(31-24)29-19-30-27(25)33-15-13-32(14-16-33)22-7-5-4-6-8-22;3-2(4,5)1(6)7/h4-12,19-20,24H,13-18H2,1-3H3,(H,29,30,31);(H,6,7). The van der Waals surface area contributed by atoms with Gasteiger partial charge in [-0.05, 0) is 42.2 Å². The summed E-state index contributed by atoms with van der Waals surface area (Å²) in [6, 6.07) is 18.1.